The molecule has 1 aromatic rings. The van der Waals surface area contributed by atoms with Gasteiger partial charge in [0, 0.05) is 12.2 Å². The maximum absolute atomic E-state index is 11.2. The molecule has 18 heavy (non-hydrogen) atoms. The lowest BCUT2D eigenvalue weighted by molar-refractivity contribution is -0.139. The number of anilines is 1. The van der Waals surface area contributed by atoms with Gasteiger partial charge in [0.2, 0.25) is 0 Å². The van der Waals surface area contributed by atoms with Crippen molar-refractivity contribution in [1.82, 2.24) is 0 Å². The van der Waals surface area contributed by atoms with Crippen LogP contribution in [0.5, 0.6) is 0 Å². The van der Waals surface area contributed by atoms with E-state index in [2.05, 4.69) is 26.0 Å². The van der Waals surface area contributed by atoms with Crippen molar-refractivity contribution < 1.29 is 9.53 Å². The second-order valence-corrected chi connectivity index (χ2v) is 4.46. The molecule has 0 aliphatic heterocycles. The predicted molar refractivity (Wildman–Crippen MR) is 69.1 cm³/mol. The molecule has 0 aliphatic rings. The summed E-state index contributed by atoms with van der Waals surface area (Å²) in [6.45, 7) is 0.323. The van der Waals surface area contributed by atoms with Crippen molar-refractivity contribution in [2.75, 3.05) is 19.0 Å². The van der Waals surface area contributed by atoms with Crippen LogP contribution < -0.4 is 5.32 Å². The fraction of sp³-hybridized carbons (Fsp3) is 0.250. The Bertz CT molecular complexity index is 531. The number of nitrogens with one attached hydrogen (secondary N) is 1. The highest BCUT2D eigenvalue weighted by molar-refractivity contribution is 9.10. The molecule has 6 heteroatoms. The van der Waals surface area contributed by atoms with Gasteiger partial charge in [0.25, 0.3) is 0 Å². The summed E-state index contributed by atoms with van der Waals surface area (Å²) in [5.41, 5.74) is 1.29. The lowest BCUT2D eigenvalue weighted by Crippen LogP contribution is -2.24. The third kappa shape index (κ3) is 3.47. The topological polar surface area (TPSA) is 85.9 Å². The van der Waals surface area contributed by atoms with Gasteiger partial charge in [-0.1, -0.05) is 15.9 Å². The first-order valence-electron chi connectivity index (χ1n) is 5.02. The molecule has 1 unspecified atom stereocenters. The Kier molecular flexibility index (Phi) is 5.16. The Morgan fingerprint density at radius 2 is 2.11 bits per heavy atom. The summed E-state index contributed by atoms with van der Waals surface area (Å²) in [5, 5.41) is 20.6. The van der Waals surface area contributed by atoms with Crippen molar-refractivity contribution in [2.24, 2.45) is 0 Å². The summed E-state index contributed by atoms with van der Waals surface area (Å²) in [6, 6.07) is 8.67. The van der Waals surface area contributed by atoms with E-state index >= 15 is 0 Å². The van der Waals surface area contributed by atoms with Crippen molar-refractivity contribution >= 4 is 27.6 Å². The normalized spacial score (nSPS) is 10.9. The van der Waals surface area contributed by atoms with Gasteiger partial charge in [0.05, 0.1) is 18.2 Å². The minimum Gasteiger partial charge on any atom is -0.468 e. The second kappa shape index (κ2) is 6.63. The van der Waals surface area contributed by atoms with Gasteiger partial charge in [-0.15, -0.1) is 0 Å². The van der Waals surface area contributed by atoms with Gasteiger partial charge in [-0.05, 0) is 18.2 Å². The largest absolute Gasteiger partial charge is 0.468 e. The van der Waals surface area contributed by atoms with Gasteiger partial charge in [-0.3, -0.25) is 4.79 Å². The molecule has 1 aromatic carbocycles. The molecule has 1 rings (SSSR count). The number of benzene rings is 1. The number of hydrogen-bond donors (Lipinski definition) is 1. The van der Waals surface area contributed by atoms with Crippen molar-refractivity contribution in [1.29, 1.82) is 10.5 Å². The number of rotatable bonds is 4. The number of carbonyl (C=O) groups is 1. The van der Waals surface area contributed by atoms with Crippen LogP contribution in [0.4, 0.5) is 5.69 Å². The smallest absolute Gasteiger partial charge is 0.321 e. The molecule has 5 nitrogen and oxygen atoms in total. The van der Waals surface area contributed by atoms with Crippen LogP contribution in [0.15, 0.2) is 18.2 Å². The lowest BCUT2D eigenvalue weighted by Gasteiger charge is -2.10. The molecule has 0 amide bonds. The average Bonchev–Trinajstić information content (AvgIpc) is 2.43. The first-order valence-corrected chi connectivity index (χ1v) is 5.94. The zero-order valence-electron chi connectivity index (χ0n) is 9.61. The SMILES string of the molecule is COC(=O)C(Br)CNc1ccc(C#N)c(C#N)c1. The van der Waals surface area contributed by atoms with E-state index in [0.29, 0.717) is 23.4 Å². The quantitative estimate of drug-likeness (QED) is 0.677. The van der Waals surface area contributed by atoms with Crippen LogP contribution in [0.25, 0.3) is 0 Å². The van der Waals surface area contributed by atoms with Gasteiger partial charge in [0.1, 0.15) is 17.0 Å². The number of nitrogens with zero attached hydrogens (tertiary/aromatic N) is 2. The number of halogens is 1. The Labute approximate surface area is 113 Å². The van der Waals surface area contributed by atoms with E-state index in [1.807, 2.05) is 12.1 Å². The fourth-order valence-corrected chi connectivity index (χ4v) is 1.61. The van der Waals surface area contributed by atoms with Crippen LogP contribution in [0.1, 0.15) is 11.1 Å². The van der Waals surface area contributed by atoms with E-state index in [1.54, 1.807) is 18.2 Å². The molecule has 0 spiro atoms. The van der Waals surface area contributed by atoms with Crippen molar-refractivity contribution in [2.45, 2.75) is 4.83 Å². The first-order chi connectivity index (χ1) is 8.62. The van der Waals surface area contributed by atoms with Crippen LogP contribution in [-0.4, -0.2) is 24.5 Å². The summed E-state index contributed by atoms with van der Waals surface area (Å²) >= 11 is 3.17. The molecular formula is C12H10BrN3O2. The maximum Gasteiger partial charge on any atom is 0.321 e. The molecule has 1 atom stereocenters. The van der Waals surface area contributed by atoms with Crippen LogP contribution in [0.2, 0.25) is 0 Å². The number of alkyl halides is 1. The zero-order valence-corrected chi connectivity index (χ0v) is 11.2. The minimum absolute atomic E-state index is 0.298. The van der Waals surface area contributed by atoms with E-state index in [9.17, 15) is 4.79 Å². The molecule has 0 fully saturated rings. The molecule has 0 saturated carbocycles. The molecule has 0 bridgehead atoms. The van der Waals surface area contributed by atoms with Gasteiger partial charge in [-0.2, -0.15) is 10.5 Å². The molecule has 0 aromatic heterocycles. The predicted octanol–water partition coefficient (Wildman–Crippen LogP) is 1.78. The van der Waals surface area contributed by atoms with Crippen molar-refractivity contribution in [3.63, 3.8) is 0 Å². The van der Waals surface area contributed by atoms with Gasteiger partial charge in [-0.25, -0.2) is 0 Å². The molecule has 0 saturated heterocycles. The van der Waals surface area contributed by atoms with Crippen LogP contribution in [-0.2, 0) is 9.53 Å². The molecule has 92 valence electrons. The Hall–Kier alpha value is -2.05. The number of esters is 1. The fourth-order valence-electron chi connectivity index (χ4n) is 1.26. The number of nitriles is 2. The number of carbonyl (C=O) groups excluding carboxylic acids is 1. The minimum atomic E-state index is -0.469. The van der Waals surface area contributed by atoms with Gasteiger partial charge >= 0.3 is 5.97 Å². The average molecular weight is 308 g/mol. The second-order valence-electron chi connectivity index (χ2n) is 3.36. The molecular weight excluding hydrogens is 298 g/mol. The highest BCUT2D eigenvalue weighted by Crippen LogP contribution is 2.15. The maximum atomic E-state index is 11.2. The number of ether oxygens (including phenoxy) is 1. The third-order valence-electron chi connectivity index (χ3n) is 2.20. The van der Waals surface area contributed by atoms with Crippen LogP contribution in [0.3, 0.4) is 0 Å². The highest BCUT2D eigenvalue weighted by atomic mass is 79.9. The van der Waals surface area contributed by atoms with E-state index in [0.717, 1.165) is 0 Å². The summed E-state index contributed by atoms with van der Waals surface area (Å²) in [6.07, 6.45) is 0. The van der Waals surface area contributed by atoms with Gasteiger partial charge < -0.3 is 10.1 Å². The standard InChI is InChI=1S/C12H10BrN3O2/c1-18-12(17)11(13)7-16-10-3-2-8(5-14)9(4-10)6-15/h2-4,11,16H,7H2,1H3. The Morgan fingerprint density at radius 3 is 2.67 bits per heavy atom. The zero-order chi connectivity index (χ0) is 13.5. The monoisotopic (exact) mass is 307 g/mol. The Balaban J connectivity index is 2.73. The highest BCUT2D eigenvalue weighted by Gasteiger charge is 2.14. The van der Waals surface area contributed by atoms with E-state index in [4.69, 9.17) is 10.5 Å². The first kappa shape index (κ1) is 14.0. The number of methoxy groups -OCH3 is 1. The summed E-state index contributed by atoms with van der Waals surface area (Å²) in [5.74, 6) is -0.378. The summed E-state index contributed by atoms with van der Waals surface area (Å²) in [4.78, 5) is 10.7. The molecule has 1 N–H and O–H groups in total. The van der Waals surface area contributed by atoms with Crippen molar-refractivity contribution in [3.8, 4) is 12.1 Å². The summed E-state index contributed by atoms with van der Waals surface area (Å²) in [7, 11) is 1.31. The molecule has 0 radical (unpaired) electrons. The van der Waals surface area contributed by atoms with E-state index in [-0.39, 0.29) is 5.97 Å². The van der Waals surface area contributed by atoms with Gasteiger partial charge in [0.15, 0.2) is 0 Å². The van der Waals surface area contributed by atoms with Crippen molar-refractivity contribution in [3.05, 3.63) is 29.3 Å². The number of hydrogen-bond acceptors (Lipinski definition) is 5. The van der Waals surface area contributed by atoms with Crippen LogP contribution >= 0.6 is 15.9 Å². The summed E-state index contributed by atoms with van der Waals surface area (Å²) < 4.78 is 4.56. The lowest BCUT2D eigenvalue weighted by atomic mass is 10.1. The molecule has 0 aliphatic carbocycles. The van der Waals surface area contributed by atoms with E-state index in [1.165, 1.54) is 7.11 Å². The van der Waals surface area contributed by atoms with Crippen LogP contribution in [0, 0.1) is 22.7 Å². The molecule has 0 heterocycles. The Morgan fingerprint density at radius 1 is 1.44 bits per heavy atom. The van der Waals surface area contributed by atoms with E-state index < -0.39 is 4.83 Å². The third-order valence-corrected chi connectivity index (χ3v) is 2.90.